The predicted molar refractivity (Wildman–Crippen MR) is 112 cm³/mol. The maximum absolute atomic E-state index is 13.0. The zero-order valence-electron chi connectivity index (χ0n) is 17.1. The van der Waals surface area contributed by atoms with Gasteiger partial charge in [0.25, 0.3) is 0 Å². The van der Waals surface area contributed by atoms with E-state index in [4.69, 9.17) is 9.26 Å². The van der Waals surface area contributed by atoms with E-state index in [-0.39, 0.29) is 11.7 Å². The van der Waals surface area contributed by atoms with Gasteiger partial charge in [0.05, 0.1) is 6.61 Å². The summed E-state index contributed by atoms with van der Waals surface area (Å²) in [5.74, 6) is 1.45. The Hall–Kier alpha value is -3.22. The van der Waals surface area contributed by atoms with Crippen molar-refractivity contribution >= 4 is 5.91 Å². The quantitative estimate of drug-likeness (QED) is 0.471. The molecule has 1 amide bonds. The number of rotatable bonds is 11. The van der Waals surface area contributed by atoms with Crippen LogP contribution in [0.1, 0.15) is 37.1 Å². The van der Waals surface area contributed by atoms with E-state index in [0.29, 0.717) is 49.7 Å². The SMILES string of the molecule is Cc1ccc(OCCCCNC(=O)CCCc2nc(-c3ccc(F)cc3)no2)cc1. The number of aryl methyl sites for hydroxylation is 2. The number of nitrogens with zero attached hydrogens (tertiary/aromatic N) is 2. The number of amides is 1. The minimum Gasteiger partial charge on any atom is -0.494 e. The Morgan fingerprint density at radius 2 is 1.83 bits per heavy atom. The Labute approximate surface area is 175 Å². The van der Waals surface area contributed by atoms with E-state index in [9.17, 15) is 9.18 Å². The molecule has 0 unspecified atom stereocenters. The van der Waals surface area contributed by atoms with Crippen molar-refractivity contribution in [2.75, 3.05) is 13.2 Å². The summed E-state index contributed by atoms with van der Waals surface area (Å²) in [6.07, 6.45) is 3.28. The summed E-state index contributed by atoms with van der Waals surface area (Å²) in [4.78, 5) is 16.2. The highest BCUT2D eigenvalue weighted by atomic mass is 19.1. The number of hydrogen-bond donors (Lipinski definition) is 1. The van der Waals surface area contributed by atoms with Crippen molar-refractivity contribution in [3.8, 4) is 17.1 Å². The lowest BCUT2D eigenvalue weighted by Gasteiger charge is -2.07. The summed E-state index contributed by atoms with van der Waals surface area (Å²) in [7, 11) is 0. The molecule has 0 radical (unpaired) electrons. The van der Waals surface area contributed by atoms with Crippen molar-refractivity contribution in [1.82, 2.24) is 15.5 Å². The maximum atomic E-state index is 13.0. The fraction of sp³-hybridized carbons (Fsp3) is 0.348. The minimum absolute atomic E-state index is 0.00715. The number of nitrogens with one attached hydrogen (secondary N) is 1. The molecule has 0 aliphatic carbocycles. The van der Waals surface area contributed by atoms with E-state index in [1.807, 2.05) is 31.2 Å². The molecule has 0 aliphatic heterocycles. The predicted octanol–water partition coefficient (Wildman–Crippen LogP) is 4.48. The number of carbonyl (C=O) groups is 1. The average molecular weight is 411 g/mol. The van der Waals surface area contributed by atoms with Gasteiger partial charge in [0.15, 0.2) is 0 Å². The smallest absolute Gasteiger partial charge is 0.226 e. The Bertz CT molecular complexity index is 924. The number of benzene rings is 2. The maximum Gasteiger partial charge on any atom is 0.226 e. The van der Waals surface area contributed by atoms with Crippen molar-refractivity contribution in [2.45, 2.75) is 39.0 Å². The normalized spacial score (nSPS) is 10.7. The first-order valence-electron chi connectivity index (χ1n) is 10.1. The van der Waals surface area contributed by atoms with Crippen LogP contribution in [-0.4, -0.2) is 29.2 Å². The molecular formula is C23H26FN3O3. The monoisotopic (exact) mass is 411 g/mol. The largest absolute Gasteiger partial charge is 0.494 e. The Balaban J connectivity index is 1.25. The van der Waals surface area contributed by atoms with Crippen LogP contribution < -0.4 is 10.1 Å². The lowest BCUT2D eigenvalue weighted by Crippen LogP contribution is -2.24. The molecule has 1 N–H and O–H groups in total. The molecule has 0 spiro atoms. The summed E-state index contributed by atoms with van der Waals surface area (Å²) in [6, 6.07) is 13.9. The van der Waals surface area contributed by atoms with Crippen molar-refractivity contribution < 1.29 is 18.4 Å². The number of unbranched alkanes of at least 4 members (excludes halogenated alkanes) is 1. The topological polar surface area (TPSA) is 77.2 Å². The van der Waals surface area contributed by atoms with Gasteiger partial charge in [-0.25, -0.2) is 4.39 Å². The van der Waals surface area contributed by atoms with Crippen LogP contribution in [0, 0.1) is 12.7 Å². The second-order valence-corrected chi connectivity index (χ2v) is 7.09. The van der Waals surface area contributed by atoms with E-state index in [2.05, 4.69) is 15.5 Å². The first-order valence-corrected chi connectivity index (χ1v) is 10.1. The lowest BCUT2D eigenvalue weighted by molar-refractivity contribution is -0.121. The summed E-state index contributed by atoms with van der Waals surface area (Å²) >= 11 is 0. The molecule has 0 fully saturated rings. The Morgan fingerprint density at radius 3 is 2.60 bits per heavy atom. The van der Waals surface area contributed by atoms with E-state index in [0.717, 1.165) is 18.6 Å². The molecule has 1 heterocycles. The van der Waals surface area contributed by atoms with E-state index in [1.54, 1.807) is 12.1 Å². The van der Waals surface area contributed by atoms with Crippen LogP contribution in [0.15, 0.2) is 53.1 Å². The number of hydrogen-bond acceptors (Lipinski definition) is 5. The van der Waals surface area contributed by atoms with Gasteiger partial charge in [-0.05, 0) is 62.6 Å². The minimum atomic E-state index is -0.313. The molecule has 0 saturated carbocycles. The van der Waals surface area contributed by atoms with Gasteiger partial charge < -0.3 is 14.6 Å². The second kappa shape index (κ2) is 11.1. The third kappa shape index (κ3) is 6.99. The summed E-state index contributed by atoms with van der Waals surface area (Å²) in [5, 5.41) is 6.81. The average Bonchev–Trinajstić information content (AvgIpc) is 3.21. The van der Waals surface area contributed by atoms with Gasteiger partial charge in [0.1, 0.15) is 11.6 Å². The highest BCUT2D eigenvalue weighted by Gasteiger charge is 2.09. The van der Waals surface area contributed by atoms with Gasteiger partial charge in [-0.3, -0.25) is 4.79 Å². The molecule has 3 aromatic rings. The molecule has 7 heteroatoms. The van der Waals surface area contributed by atoms with E-state index in [1.165, 1.54) is 17.7 Å². The molecule has 0 bridgehead atoms. The van der Waals surface area contributed by atoms with Crippen molar-refractivity contribution in [3.63, 3.8) is 0 Å². The number of halogens is 1. The van der Waals surface area contributed by atoms with Crippen molar-refractivity contribution in [3.05, 3.63) is 65.8 Å². The van der Waals surface area contributed by atoms with Gasteiger partial charge >= 0.3 is 0 Å². The molecule has 30 heavy (non-hydrogen) atoms. The molecule has 6 nitrogen and oxygen atoms in total. The number of carbonyl (C=O) groups excluding carboxylic acids is 1. The molecule has 3 rings (SSSR count). The number of aromatic nitrogens is 2. The molecule has 0 saturated heterocycles. The zero-order chi connectivity index (χ0) is 21.2. The van der Waals surface area contributed by atoms with Crippen LogP contribution in [0.25, 0.3) is 11.4 Å². The van der Waals surface area contributed by atoms with Crippen molar-refractivity contribution in [2.24, 2.45) is 0 Å². The van der Waals surface area contributed by atoms with Gasteiger partial charge in [-0.1, -0.05) is 22.9 Å². The fourth-order valence-corrected chi connectivity index (χ4v) is 2.84. The first kappa shape index (κ1) is 21.5. The second-order valence-electron chi connectivity index (χ2n) is 7.09. The van der Waals surface area contributed by atoms with Crippen LogP contribution in [0.2, 0.25) is 0 Å². The molecule has 158 valence electrons. The standard InChI is InChI=1S/C23H26FN3O3/c1-17-7-13-20(14-8-17)29-16-3-2-15-25-21(28)5-4-6-22-26-23(27-30-22)18-9-11-19(24)12-10-18/h7-14H,2-6,15-16H2,1H3,(H,25,28). The van der Waals surface area contributed by atoms with E-state index >= 15 is 0 Å². The highest BCUT2D eigenvalue weighted by molar-refractivity contribution is 5.75. The Morgan fingerprint density at radius 1 is 1.07 bits per heavy atom. The Kier molecular flexibility index (Phi) is 7.94. The van der Waals surface area contributed by atoms with Crippen LogP contribution in [0.3, 0.4) is 0 Å². The summed E-state index contributed by atoms with van der Waals surface area (Å²) < 4.78 is 23.8. The van der Waals surface area contributed by atoms with Crippen LogP contribution in [-0.2, 0) is 11.2 Å². The van der Waals surface area contributed by atoms with Crippen LogP contribution >= 0.6 is 0 Å². The first-order chi connectivity index (χ1) is 14.6. The highest BCUT2D eigenvalue weighted by Crippen LogP contribution is 2.17. The number of ether oxygens (including phenoxy) is 1. The molecule has 1 aromatic heterocycles. The fourth-order valence-electron chi connectivity index (χ4n) is 2.84. The van der Waals surface area contributed by atoms with Crippen molar-refractivity contribution in [1.29, 1.82) is 0 Å². The van der Waals surface area contributed by atoms with Gasteiger partial charge in [0, 0.05) is 24.9 Å². The summed E-state index contributed by atoms with van der Waals surface area (Å²) in [6.45, 7) is 3.30. The third-order valence-corrected chi connectivity index (χ3v) is 4.55. The summed E-state index contributed by atoms with van der Waals surface area (Å²) in [5.41, 5.74) is 1.90. The molecular weight excluding hydrogens is 385 g/mol. The van der Waals surface area contributed by atoms with Crippen LogP contribution in [0.4, 0.5) is 4.39 Å². The molecule has 0 aliphatic rings. The van der Waals surface area contributed by atoms with Crippen LogP contribution in [0.5, 0.6) is 5.75 Å². The molecule has 0 atom stereocenters. The van der Waals surface area contributed by atoms with Gasteiger partial charge in [-0.2, -0.15) is 4.98 Å². The zero-order valence-corrected chi connectivity index (χ0v) is 17.1. The van der Waals surface area contributed by atoms with Gasteiger partial charge in [0.2, 0.25) is 17.6 Å². The van der Waals surface area contributed by atoms with Gasteiger partial charge in [-0.15, -0.1) is 0 Å². The lowest BCUT2D eigenvalue weighted by atomic mass is 10.2. The molecule has 2 aromatic carbocycles. The third-order valence-electron chi connectivity index (χ3n) is 4.55. The van der Waals surface area contributed by atoms with E-state index < -0.39 is 0 Å².